The summed E-state index contributed by atoms with van der Waals surface area (Å²) in [6.07, 6.45) is 2.64. The summed E-state index contributed by atoms with van der Waals surface area (Å²) >= 11 is 11.7. The third-order valence-electron chi connectivity index (χ3n) is 7.32. The van der Waals surface area contributed by atoms with Gasteiger partial charge in [-0.3, -0.25) is 14.4 Å². The van der Waals surface area contributed by atoms with Crippen LogP contribution in [-0.2, 0) is 19.1 Å². The molecule has 1 spiro atoms. The van der Waals surface area contributed by atoms with Gasteiger partial charge in [-0.15, -0.1) is 18.3 Å². The van der Waals surface area contributed by atoms with E-state index < -0.39 is 34.6 Å². The monoisotopic (exact) mass is 584 g/mol. The summed E-state index contributed by atoms with van der Waals surface area (Å²) in [4.78, 5) is 44.5. The highest BCUT2D eigenvalue weighted by Gasteiger charge is 2.76. The number of carbonyl (C=O) groups is 3. The molecule has 1 N–H and O–H groups in total. The summed E-state index contributed by atoms with van der Waals surface area (Å²) < 4.78 is 4.55. The fourth-order valence-electron chi connectivity index (χ4n) is 5.92. The summed E-state index contributed by atoms with van der Waals surface area (Å²) in [6.45, 7) is 7.56. The van der Waals surface area contributed by atoms with Gasteiger partial charge in [0, 0.05) is 16.6 Å². The number of para-hydroxylation sites is 1. The van der Waals surface area contributed by atoms with Gasteiger partial charge in [0.05, 0.1) is 46.5 Å². The van der Waals surface area contributed by atoms with E-state index in [-0.39, 0.29) is 41.6 Å². The van der Waals surface area contributed by atoms with Crippen molar-refractivity contribution in [2.45, 2.75) is 53.6 Å². The van der Waals surface area contributed by atoms with Crippen molar-refractivity contribution in [3.05, 3.63) is 41.9 Å². The molecule has 3 fully saturated rings. The number of fused-ring (bicyclic) bond motifs is 1. The number of ether oxygens (including phenoxy) is 1. The Hall–Kier alpha value is -1.55. The van der Waals surface area contributed by atoms with Gasteiger partial charge in [-0.2, -0.15) is 0 Å². The van der Waals surface area contributed by atoms with Crippen LogP contribution < -0.4 is 4.90 Å². The van der Waals surface area contributed by atoms with Gasteiger partial charge in [0.2, 0.25) is 5.91 Å². The number of carbonyl (C=O) groups excluding carboxylic acids is 3. The van der Waals surface area contributed by atoms with Gasteiger partial charge in [-0.1, -0.05) is 52.7 Å². The van der Waals surface area contributed by atoms with Crippen LogP contribution in [0, 0.1) is 11.8 Å². The molecular weight excluding hydrogens is 556 g/mol. The minimum absolute atomic E-state index is 0.0522. The molecule has 1 aromatic rings. The molecular formula is C25H30BrClN2O5S. The molecule has 10 heteroatoms. The molecule has 0 saturated carbocycles. The zero-order valence-corrected chi connectivity index (χ0v) is 22.9. The van der Waals surface area contributed by atoms with Crippen LogP contribution in [0.15, 0.2) is 36.9 Å². The van der Waals surface area contributed by atoms with E-state index in [2.05, 4.69) is 22.5 Å². The van der Waals surface area contributed by atoms with Gasteiger partial charge in [0.25, 0.3) is 5.91 Å². The van der Waals surface area contributed by atoms with Crippen molar-refractivity contribution in [2.75, 3.05) is 24.7 Å². The Bertz CT molecular complexity index is 1020. The Kier molecular flexibility index (Phi) is 7.91. The standard InChI is InChI=1S/C25H30BrClN2O5S/c1-4-11-28(17-10-8-7-9-16(17)27)23(32)21-25-12-15(26)20(35-25)18(24(33)34-6-3)19(25)22(31)29(21)14(5-2)13-30/h4,7-10,14-15,18-21,30H,1,5-6,11-13H2,2-3H3/t14-,15?,18+,19-,20+,21?,25?/m0/s1. The normalized spacial score (nSPS) is 31.9. The van der Waals surface area contributed by atoms with Crippen molar-refractivity contribution < 1.29 is 24.2 Å². The van der Waals surface area contributed by atoms with Gasteiger partial charge >= 0.3 is 5.97 Å². The number of aliphatic hydroxyl groups excluding tert-OH is 1. The first-order chi connectivity index (χ1) is 16.8. The fourth-order valence-corrected chi connectivity index (χ4v) is 9.73. The SMILES string of the molecule is C=CCN(C(=O)C1N([C@@H](CC)CO)C(=O)[C@@H]2[C@@H](C(=O)OCC)[C@@H]3SC12CC3Br)c1ccccc1Cl. The first-order valence-corrected chi connectivity index (χ1v) is 14.0. The first kappa shape index (κ1) is 26.5. The molecule has 3 unspecified atom stereocenters. The lowest BCUT2D eigenvalue weighted by atomic mass is 9.71. The third-order valence-corrected chi connectivity index (χ3v) is 10.9. The molecule has 1 aromatic carbocycles. The second kappa shape index (κ2) is 10.4. The predicted molar refractivity (Wildman–Crippen MR) is 141 cm³/mol. The number of alkyl halides is 1. The highest BCUT2D eigenvalue weighted by Crippen LogP contribution is 2.68. The van der Waals surface area contributed by atoms with Crippen LogP contribution in [0.25, 0.3) is 0 Å². The molecule has 4 rings (SSSR count). The van der Waals surface area contributed by atoms with Crippen LogP contribution in [0.4, 0.5) is 5.69 Å². The van der Waals surface area contributed by atoms with Crippen molar-refractivity contribution in [2.24, 2.45) is 11.8 Å². The summed E-state index contributed by atoms with van der Waals surface area (Å²) in [5.74, 6) is -2.33. The number of hydrogen-bond acceptors (Lipinski definition) is 6. The average Bonchev–Trinajstić information content (AvgIpc) is 3.43. The highest BCUT2D eigenvalue weighted by molar-refractivity contribution is 9.09. The minimum Gasteiger partial charge on any atom is -0.466 e. The van der Waals surface area contributed by atoms with Crippen LogP contribution >= 0.6 is 39.3 Å². The number of likely N-dealkylation sites (tertiary alicyclic amines) is 1. The second-order valence-corrected chi connectivity index (χ2v) is 12.2. The van der Waals surface area contributed by atoms with Gasteiger partial charge in [0.1, 0.15) is 6.04 Å². The van der Waals surface area contributed by atoms with Gasteiger partial charge in [-0.05, 0) is 31.9 Å². The molecule has 3 saturated heterocycles. The maximum absolute atomic E-state index is 14.4. The van der Waals surface area contributed by atoms with Crippen molar-refractivity contribution in [1.29, 1.82) is 0 Å². The highest BCUT2D eigenvalue weighted by atomic mass is 79.9. The largest absolute Gasteiger partial charge is 0.466 e. The molecule has 0 aliphatic carbocycles. The van der Waals surface area contributed by atoms with E-state index in [0.29, 0.717) is 23.6 Å². The van der Waals surface area contributed by atoms with Gasteiger partial charge < -0.3 is 19.6 Å². The molecule has 3 aliphatic rings. The second-order valence-electron chi connectivity index (χ2n) is 9.09. The first-order valence-electron chi connectivity index (χ1n) is 11.9. The summed E-state index contributed by atoms with van der Waals surface area (Å²) in [5.41, 5.74) is 0.526. The Morgan fingerprint density at radius 1 is 1.43 bits per heavy atom. The van der Waals surface area contributed by atoms with Gasteiger partial charge in [-0.25, -0.2) is 0 Å². The average molecular weight is 586 g/mol. The van der Waals surface area contributed by atoms with Crippen LogP contribution in [-0.4, -0.2) is 74.5 Å². The number of rotatable bonds is 9. The topological polar surface area (TPSA) is 87.2 Å². The molecule has 7 atom stereocenters. The number of halogens is 2. The van der Waals surface area contributed by atoms with Crippen LogP contribution in [0.3, 0.4) is 0 Å². The Morgan fingerprint density at radius 2 is 2.14 bits per heavy atom. The lowest BCUT2D eigenvalue weighted by molar-refractivity contribution is -0.154. The zero-order valence-electron chi connectivity index (χ0n) is 19.7. The molecule has 7 nitrogen and oxygen atoms in total. The number of esters is 1. The van der Waals surface area contributed by atoms with E-state index in [1.54, 1.807) is 47.1 Å². The van der Waals surface area contributed by atoms with E-state index in [1.807, 2.05) is 6.92 Å². The molecule has 0 radical (unpaired) electrons. The molecule has 0 aromatic heterocycles. The number of anilines is 1. The Morgan fingerprint density at radius 3 is 2.74 bits per heavy atom. The number of thioether (sulfide) groups is 1. The van der Waals surface area contributed by atoms with Crippen LogP contribution in [0.1, 0.15) is 26.7 Å². The van der Waals surface area contributed by atoms with Crippen molar-refractivity contribution in [1.82, 2.24) is 4.90 Å². The zero-order chi connectivity index (χ0) is 25.5. The maximum Gasteiger partial charge on any atom is 0.310 e. The van der Waals surface area contributed by atoms with Crippen molar-refractivity contribution in [3.63, 3.8) is 0 Å². The molecule has 190 valence electrons. The van der Waals surface area contributed by atoms with E-state index in [9.17, 15) is 19.5 Å². The lowest BCUT2D eigenvalue weighted by Gasteiger charge is -2.39. The number of benzene rings is 1. The predicted octanol–water partition coefficient (Wildman–Crippen LogP) is 3.66. The Labute approximate surface area is 223 Å². The number of amides is 2. The van der Waals surface area contributed by atoms with E-state index in [0.717, 1.165) is 0 Å². The number of hydrogen-bond donors (Lipinski definition) is 1. The maximum atomic E-state index is 14.4. The summed E-state index contributed by atoms with van der Waals surface area (Å²) in [6, 6.07) is 5.63. The van der Waals surface area contributed by atoms with E-state index in [1.165, 1.54) is 11.8 Å². The molecule has 3 aliphatic heterocycles. The van der Waals surface area contributed by atoms with E-state index >= 15 is 0 Å². The van der Waals surface area contributed by atoms with Crippen molar-refractivity contribution in [3.8, 4) is 0 Å². The quantitative estimate of drug-likeness (QED) is 0.270. The smallest absolute Gasteiger partial charge is 0.310 e. The van der Waals surface area contributed by atoms with Crippen molar-refractivity contribution >= 4 is 62.8 Å². The van der Waals surface area contributed by atoms with E-state index in [4.69, 9.17) is 16.3 Å². The fraction of sp³-hybridized carbons (Fsp3) is 0.560. The number of nitrogens with zero attached hydrogens (tertiary/aromatic N) is 2. The Balaban J connectivity index is 1.85. The number of aliphatic hydroxyl groups is 1. The summed E-state index contributed by atoms with van der Waals surface area (Å²) in [7, 11) is 0. The van der Waals surface area contributed by atoms with Crippen LogP contribution in [0.5, 0.6) is 0 Å². The third kappa shape index (κ3) is 4.12. The molecule has 35 heavy (non-hydrogen) atoms. The molecule has 3 heterocycles. The van der Waals surface area contributed by atoms with Crippen LogP contribution in [0.2, 0.25) is 5.02 Å². The minimum atomic E-state index is -0.872. The summed E-state index contributed by atoms with van der Waals surface area (Å²) in [5, 5.41) is 10.4. The molecule has 2 amide bonds. The van der Waals surface area contributed by atoms with Gasteiger partial charge in [0.15, 0.2) is 0 Å². The molecule has 2 bridgehead atoms. The lowest BCUT2D eigenvalue weighted by Crippen LogP contribution is -2.58.